The molecule has 0 spiro atoms. The highest BCUT2D eigenvalue weighted by molar-refractivity contribution is 14.1. The van der Waals surface area contributed by atoms with Gasteiger partial charge in [0.2, 0.25) is 0 Å². The van der Waals surface area contributed by atoms with Crippen molar-refractivity contribution in [2.45, 2.75) is 6.61 Å². The van der Waals surface area contributed by atoms with Crippen molar-refractivity contribution in [1.29, 1.82) is 0 Å². The number of rotatable bonds is 7. The Morgan fingerprint density at radius 1 is 1.07 bits per heavy atom. The van der Waals surface area contributed by atoms with E-state index in [1.165, 1.54) is 24.4 Å². The van der Waals surface area contributed by atoms with Gasteiger partial charge >= 0.3 is 0 Å². The van der Waals surface area contributed by atoms with Crippen molar-refractivity contribution in [2.24, 2.45) is 5.10 Å². The summed E-state index contributed by atoms with van der Waals surface area (Å²) in [7, 11) is 0. The van der Waals surface area contributed by atoms with E-state index < -0.39 is 10.8 Å². The summed E-state index contributed by atoms with van der Waals surface area (Å²) in [5.41, 5.74) is 3.85. The molecule has 0 saturated heterocycles. The second kappa shape index (κ2) is 10.5. The summed E-state index contributed by atoms with van der Waals surface area (Å²) in [6, 6.07) is 19.4. The van der Waals surface area contributed by atoms with Crippen LogP contribution in [0.1, 0.15) is 21.5 Å². The standard InChI is InChI=1S/C21H15I2N3O4/c22-17-10-15(11-18(23)20(17)30-13-14-6-2-1-3-7-14)12-24-25-21(27)16-8-4-5-9-19(16)26(28)29/h1-12H,13H2,(H,25,27)/b24-12-. The maximum atomic E-state index is 12.2. The molecule has 0 aliphatic carbocycles. The summed E-state index contributed by atoms with van der Waals surface area (Å²) >= 11 is 4.37. The van der Waals surface area contributed by atoms with Gasteiger partial charge in [0.25, 0.3) is 11.6 Å². The molecule has 0 unspecified atom stereocenters. The van der Waals surface area contributed by atoms with Gasteiger partial charge in [-0.15, -0.1) is 0 Å². The Morgan fingerprint density at radius 3 is 2.37 bits per heavy atom. The fourth-order valence-corrected chi connectivity index (χ4v) is 4.70. The van der Waals surface area contributed by atoms with Crippen LogP contribution in [0.2, 0.25) is 0 Å². The van der Waals surface area contributed by atoms with Gasteiger partial charge in [-0.05, 0) is 74.5 Å². The second-order valence-corrected chi connectivity index (χ2v) is 8.39. The van der Waals surface area contributed by atoms with Crippen molar-refractivity contribution in [3.8, 4) is 5.75 Å². The molecule has 3 aromatic carbocycles. The van der Waals surface area contributed by atoms with Gasteiger partial charge in [-0.3, -0.25) is 14.9 Å². The van der Waals surface area contributed by atoms with E-state index in [4.69, 9.17) is 4.74 Å². The molecule has 0 radical (unpaired) electrons. The van der Waals surface area contributed by atoms with E-state index in [9.17, 15) is 14.9 Å². The van der Waals surface area contributed by atoms with E-state index in [0.29, 0.717) is 6.61 Å². The lowest BCUT2D eigenvalue weighted by molar-refractivity contribution is -0.385. The number of amides is 1. The lowest BCUT2D eigenvalue weighted by Gasteiger charge is -2.11. The molecule has 0 aromatic heterocycles. The minimum absolute atomic E-state index is 0.0477. The summed E-state index contributed by atoms with van der Waals surface area (Å²) in [6.45, 7) is 0.464. The summed E-state index contributed by atoms with van der Waals surface area (Å²) in [5.74, 6) is 0.131. The third-order valence-corrected chi connectivity index (χ3v) is 5.57. The smallest absolute Gasteiger partial charge is 0.282 e. The molecule has 0 heterocycles. The number of halogens is 2. The van der Waals surface area contributed by atoms with E-state index >= 15 is 0 Å². The summed E-state index contributed by atoms with van der Waals surface area (Å²) in [4.78, 5) is 22.7. The summed E-state index contributed by atoms with van der Waals surface area (Å²) < 4.78 is 7.76. The van der Waals surface area contributed by atoms with E-state index in [0.717, 1.165) is 24.0 Å². The largest absolute Gasteiger partial charge is 0.487 e. The lowest BCUT2D eigenvalue weighted by atomic mass is 10.2. The van der Waals surface area contributed by atoms with Gasteiger partial charge < -0.3 is 4.74 Å². The maximum absolute atomic E-state index is 12.2. The van der Waals surface area contributed by atoms with E-state index in [-0.39, 0.29) is 11.3 Å². The Morgan fingerprint density at radius 2 is 1.70 bits per heavy atom. The zero-order valence-corrected chi connectivity index (χ0v) is 19.7. The van der Waals surface area contributed by atoms with Crippen LogP contribution < -0.4 is 10.2 Å². The lowest BCUT2D eigenvalue weighted by Crippen LogP contribution is -2.19. The van der Waals surface area contributed by atoms with Crippen LogP contribution in [0.5, 0.6) is 5.75 Å². The molecule has 9 heteroatoms. The average molecular weight is 627 g/mol. The first-order valence-electron chi connectivity index (χ1n) is 8.68. The van der Waals surface area contributed by atoms with E-state index in [2.05, 4.69) is 55.7 Å². The van der Waals surface area contributed by atoms with Gasteiger partial charge in [-0.2, -0.15) is 5.10 Å². The molecular formula is C21H15I2N3O4. The molecule has 152 valence electrons. The number of nitro benzene ring substituents is 1. The summed E-state index contributed by atoms with van der Waals surface area (Å²) in [6.07, 6.45) is 1.48. The Hall–Kier alpha value is -2.54. The van der Waals surface area contributed by atoms with Crippen molar-refractivity contribution in [2.75, 3.05) is 0 Å². The van der Waals surface area contributed by atoms with Crippen LogP contribution in [-0.4, -0.2) is 17.0 Å². The SMILES string of the molecule is O=C(N/N=C\c1cc(I)c(OCc2ccccc2)c(I)c1)c1ccccc1[N+](=O)[O-]. The normalized spacial score (nSPS) is 10.7. The molecule has 30 heavy (non-hydrogen) atoms. The Labute approximate surface area is 200 Å². The Bertz CT molecular complexity index is 1080. The third-order valence-electron chi connectivity index (χ3n) is 3.97. The van der Waals surface area contributed by atoms with Crippen LogP contribution >= 0.6 is 45.2 Å². The number of para-hydroxylation sites is 1. The molecule has 0 bridgehead atoms. The predicted octanol–water partition coefficient (Wildman–Crippen LogP) is 5.15. The zero-order valence-electron chi connectivity index (χ0n) is 15.4. The minimum atomic E-state index is -0.647. The number of carbonyl (C=O) groups is 1. The molecule has 3 rings (SSSR count). The highest BCUT2D eigenvalue weighted by Crippen LogP contribution is 2.29. The monoisotopic (exact) mass is 627 g/mol. The van der Waals surface area contributed by atoms with Gasteiger partial charge in [-0.25, -0.2) is 5.43 Å². The minimum Gasteiger partial charge on any atom is -0.487 e. The molecule has 0 aliphatic heterocycles. The first kappa shape index (κ1) is 22.2. The van der Waals surface area contributed by atoms with Crippen molar-refractivity contribution in [3.63, 3.8) is 0 Å². The highest BCUT2D eigenvalue weighted by Gasteiger charge is 2.18. The zero-order chi connectivity index (χ0) is 21.5. The van der Waals surface area contributed by atoms with Crippen molar-refractivity contribution in [1.82, 2.24) is 5.43 Å². The van der Waals surface area contributed by atoms with Gasteiger partial charge in [0.05, 0.1) is 18.3 Å². The number of nitrogens with one attached hydrogen (secondary N) is 1. The number of carbonyl (C=O) groups excluding carboxylic acids is 1. The number of hydrazone groups is 1. The Kier molecular flexibility index (Phi) is 7.74. The van der Waals surface area contributed by atoms with Gasteiger partial charge in [0, 0.05) is 6.07 Å². The second-order valence-electron chi connectivity index (χ2n) is 6.06. The number of nitro groups is 1. The van der Waals surface area contributed by atoms with Crippen LogP contribution in [0.25, 0.3) is 0 Å². The number of ether oxygens (including phenoxy) is 1. The molecule has 0 aliphatic rings. The van der Waals surface area contributed by atoms with Crippen molar-refractivity contribution < 1.29 is 14.5 Å². The Balaban J connectivity index is 1.68. The number of hydrogen-bond donors (Lipinski definition) is 1. The molecule has 0 saturated carbocycles. The fourth-order valence-electron chi connectivity index (χ4n) is 2.57. The molecule has 0 fully saturated rings. The maximum Gasteiger partial charge on any atom is 0.282 e. The van der Waals surface area contributed by atoms with Crippen LogP contribution in [-0.2, 0) is 6.61 Å². The number of benzene rings is 3. The summed E-state index contributed by atoms with van der Waals surface area (Å²) in [5, 5.41) is 15.0. The molecule has 7 nitrogen and oxygen atoms in total. The number of nitrogens with zero attached hydrogens (tertiary/aromatic N) is 2. The van der Waals surface area contributed by atoms with Crippen LogP contribution in [0, 0.1) is 17.3 Å². The first-order chi connectivity index (χ1) is 14.5. The number of hydrogen-bond acceptors (Lipinski definition) is 5. The molecule has 1 amide bonds. The topological polar surface area (TPSA) is 93.8 Å². The molecule has 3 aromatic rings. The predicted molar refractivity (Wildman–Crippen MR) is 131 cm³/mol. The highest BCUT2D eigenvalue weighted by atomic mass is 127. The van der Waals surface area contributed by atoms with Gasteiger partial charge in [0.1, 0.15) is 17.9 Å². The van der Waals surface area contributed by atoms with Crippen LogP contribution in [0.15, 0.2) is 71.8 Å². The quantitative estimate of drug-likeness (QED) is 0.170. The third kappa shape index (κ3) is 5.75. The van der Waals surface area contributed by atoms with Crippen LogP contribution in [0.4, 0.5) is 5.69 Å². The van der Waals surface area contributed by atoms with Crippen LogP contribution in [0.3, 0.4) is 0 Å². The van der Waals surface area contributed by atoms with E-state index in [1.54, 1.807) is 6.07 Å². The van der Waals surface area contributed by atoms with Gasteiger partial charge in [0.15, 0.2) is 0 Å². The van der Waals surface area contributed by atoms with E-state index in [1.807, 2.05) is 42.5 Å². The van der Waals surface area contributed by atoms with Gasteiger partial charge in [-0.1, -0.05) is 42.5 Å². The molecule has 1 N–H and O–H groups in total. The average Bonchev–Trinajstić information content (AvgIpc) is 2.73. The van der Waals surface area contributed by atoms with Crippen molar-refractivity contribution >= 4 is 63.0 Å². The van der Waals surface area contributed by atoms with Crippen molar-refractivity contribution in [3.05, 3.63) is 101 Å². The first-order valence-corrected chi connectivity index (χ1v) is 10.8. The fraction of sp³-hybridized carbons (Fsp3) is 0.0476. The molecular weight excluding hydrogens is 612 g/mol. The molecule has 0 atom stereocenters.